The number of anilines is 1. The fourth-order valence-electron chi connectivity index (χ4n) is 4.37. The number of rotatable bonds is 8. The number of hydrogen-bond acceptors (Lipinski definition) is 6. The fraction of sp³-hybridized carbons (Fsp3) is 0.385. The molecule has 1 amide bonds. The molecule has 1 N–H and O–H groups in total. The number of furan rings is 1. The summed E-state index contributed by atoms with van der Waals surface area (Å²) in [5, 5.41) is 4.21. The van der Waals surface area contributed by atoms with E-state index in [4.69, 9.17) is 9.15 Å². The number of morpholine rings is 1. The Labute approximate surface area is 195 Å². The molecule has 0 spiro atoms. The molecular weight excluding hydrogens is 416 g/mol. The highest BCUT2D eigenvalue weighted by Gasteiger charge is 2.25. The second kappa shape index (κ2) is 11.0. The minimum absolute atomic E-state index is 0.245. The molecule has 7 heteroatoms. The van der Waals surface area contributed by atoms with E-state index in [2.05, 4.69) is 64.5 Å². The molecule has 1 aliphatic carbocycles. The molecular formula is C26H32N4O3. The number of allylic oxidation sites excluding steroid dienone is 2. The Morgan fingerprint density at radius 3 is 2.55 bits per heavy atom. The smallest absolute Gasteiger partial charge is 0.307 e. The zero-order chi connectivity index (χ0) is 23.0. The number of benzene rings is 1. The summed E-state index contributed by atoms with van der Waals surface area (Å²) in [4.78, 5) is 16.8. The van der Waals surface area contributed by atoms with Gasteiger partial charge in [0.2, 0.25) is 0 Å². The van der Waals surface area contributed by atoms with Crippen molar-refractivity contribution < 1.29 is 13.9 Å². The summed E-state index contributed by atoms with van der Waals surface area (Å²) in [5.74, 6) is -0.110. The standard InChI is InChI=1S/C26H32N4O3/c1-3-29(4-2)23-11-7-20(8-12-23)18-21-9-10-22(25(21)30-13-16-32-17-14-30)19-27-28-26(31)24-6-5-15-33-24/h5-8,11-12,15,18-19H,3-4,9-10,13-14,16-17H2,1-2H3,(H,28,31)/b21-18+,27-19-. The van der Waals surface area contributed by atoms with Crippen molar-refractivity contribution in [1.82, 2.24) is 10.3 Å². The van der Waals surface area contributed by atoms with E-state index >= 15 is 0 Å². The van der Waals surface area contributed by atoms with Gasteiger partial charge in [0.15, 0.2) is 5.76 Å². The Kier molecular flexibility index (Phi) is 7.62. The molecule has 0 radical (unpaired) electrons. The van der Waals surface area contributed by atoms with Crippen LogP contribution >= 0.6 is 0 Å². The largest absolute Gasteiger partial charge is 0.459 e. The van der Waals surface area contributed by atoms with Gasteiger partial charge in [0.25, 0.3) is 0 Å². The molecule has 0 atom stereocenters. The molecule has 0 saturated carbocycles. The van der Waals surface area contributed by atoms with E-state index in [9.17, 15) is 4.79 Å². The number of hydrazone groups is 1. The van der Waals surface area contributed by atoms with Crippen molar-refractivity contribution in [2.45, 2.75) is 26.7 Å². The molecule has 2 heterocycles. The number of carbonyl (C=O) groups is 1. The van der Waals surface area contributed by atoms with Gasteiger partial charge in [-0.3, -0.25) is 4.79 Å². The minimum atomic E-state index is -0.355. The quantitative estimate of drug-likeness (QED) is 0.482. The zero-order valence-corrected chi connectivity index (χ0v) is 19.4. The monoisotopic (exact) mass is 448 g/mol. The summed E-state index contributed by atoms with van der Waals surface area (Å²) in [5.41, 5.74) is 8.64. The number of nitrogens with zero attached hydrogens (tertiary/aromatic N) is 3. The first-order valence-electron chi connectivity index (χ1n) is 11.7. The van der Waals surface area contributed by atoms with Crippen LogP contribution in [-0.4, -0.2) is 56.4 Å². The lowest BCUT2D eigenvalue weighted by Gasteiger charge is -2.31. The second-order valence-electron chi connectivity index (χ2n) is 8.08. The molecule has 174 valence electrons. The van der Waals surface area contributed by atoms with Crippen LogP contribution in [0.1, 0.15) is 42.8 Å². The summed E-state index contributed by atoms with van der Waals surface area (Å²) in [6.07, 6.45) is 7.35. The molecule has 0 unspecified atom stereocenters. The van der Waals surface area contributed by atoms with Gasteiger partial charge in [0, 0.05) is 37.6 Å². The molecule has 1 aromatic heterocycles. The third kappa shape index (κ3) is 5.54. The van der Waals surface area contributed by atoms with E-state index < -0.39 is 0 Å². The van der Waals surface area contributed by atoms with Crippen molar-refractivity contribution in [1.29, 1.82) is 0 Å². The van der Waals surface area contributed by atoms with Gasteiger partial charge < -0.3 is 19.0 Å². The molecule has 2 aromatic rings. The van der Waals surface area contributed by atoms with Crippen molar-refractivity contribution >= 4 is 23.9 Å². The van der Waals surface area contributed by atoms with Gasteiger partial charge in [-0.25, -0.2) is 5.43 Å². The van der Waals surface area contributed by atoms with Gasteiger partial charge in [0.1, 0.15) is 0 Å². The van der Waals surface area contributed by atoms with Crippen LogP contribution in [0.4, 0.5) is 5.69 Å². The Balaban J connectivity index is 1.56. The number of ether oxygens (including phenoxy) is 1. The van der Waals surface area contributed by atoms with Crippen LogP contribution in [0.2, 0.25) is 0 Å². The molecule has 1 aromatic carbocycles. The Bertz CT molecular complexity index is 1010. The summed E-state index contributed by atoms with van der Waals surface area (Å²) < 4.78 is 10.7. The highest BCUT2D eigenvalue weighted by Crippen LogP contribution is 2.35. The first-order chi connectivity index (χ1) is 16.2. The number of carbonyl (C=O) groups excluding carboxylic acids is 1. The summed E-state index contributed by atoms with van der Waals surface area (Å²) >= 11 is 0. The van der Waals surface area contributed by atoms with Crippen molar-refractivity contribution in [2.24, 2.45) is 5.10 Å². The molecule has 2 aliphatic rings. The van der Waals surface area contributed by atoms with Gasteiger partial charge in [-0.2, -0.15) is 5.10 Å². The predicted molar refractivity (Wildman–Crippen MR) is 131 cm³/mol. The van der Waals surface area contributed by atoms with E-state index in [0.717, 1.165) is 57.8 Å². The Hall–Kier alpha value is -3.32. The molecule has 33 heavy (non-hydrogen) atoms. The molecule has 1 saturated heterocycles. The highest BCUT2D eigenvalue weighted by molar-refractivity contribution is 5.92. The number of amides is 1. The topological polar surface area (TPSA) is 70.3 Å². The van der Waals surface area contributed by atoms with E-state index in [-0.39, 0.29) is 11.7 Å². The van der Waals surface area contributed by atoms with Crippen molar-refractivity contribution in [3.63, 3.8) is 0 Å². The minimum Gasteiger partial charge on any atom is -0.459 e. The lowest BCUT2D eigenvalue weighted by atomic mass is 10.1. The average molecular weight is 449 g/mol. The van der Waals surface area contributed by atoms with Gasteiger partial charge in [0.05, 0.1) is 25.7 Å². The molecule has 0 bridgehead atoms. The fourth-order valence-corrected chi connectivity index (χ4v) is 4.37. The summed E-state index contributed by atoms with van der Waals surface area (Å²) in [6, 6.07) is 12.1. The van der Waals surface area contributed by atoms with Crippen LogP contribution in [-0.2, 0) is 4.74 Å². The third-order valence-corrected chi connectivity index (χ3v) is 6.09. The zero-order valence-electron chi connectivity index (χ0n) is 19.4. The van der Waals surface area contributed by atoms with Gasteiger partial charge in [-0.05, 0) is 73.7 Å². The first kappa shape index (κ1) is 22.9. The van der Waals surface area contributed by atoms with Gasteiger partial charge in [-0.1, -0.05) is 12.1 Å². The maximum Gasteiger partial charge on any atom is 0.307 e. The maximum atomic E-state index is 12.1. The van der Waals surface area contributed by atoms with Crippen molar-refractivity contribution in [2.75, 3.05) is 44.3 Å². The third-order valence-electron chi connectivity index (χ3n) is 6.09. The van der Waals surface area contributed by atoms with Gasteiger partial charge in [-0.15, -0.1) is 0 Å². The van der Waals surface area contributed by atoms with Crippen molar-refractivity contribution in [3.8, 4) is 0 Å². The van der Waals surface area contributed by atoms with Crippen LogP contribution < -0.4 is 10.3 Å². The predicted octanol–water partition coefficient (Wildman–Crippen LogP) is 4.31. The van der Waals surface area contributed by atoms with E-state index in [1.54, 1.807) is 18.3 Å². The SMILES string of the molecule is CCN(CC)c1ccc(/C=C2\CCC(/C=N\NC(=O)c3ccco3)=C2N2CCOCC2)cc1. The normalized spacial score (nSPS) is 17.9. The summed E-state index contributed by atoms with van der Waals surface area (Å²) in [6.45, 7) is 9.49. The van der Waals surface area contributed by atoms with Crippen LogP contribution in [0.5, 0.6) is 0 Å². The first-order valence-corrected chi connectivity index (χ1v) is 11.7. The lowest BCUT2D eigenvalue weighted by molar-refractivity contribution is 0.0548. The summed E-state index contributed by atoms with van der Waals surface area (Å²) in [7, 11) is 0. The van der Waals surface area contributed by atoms with Crippen LogP contribution in [0.15, 0.2) is 69.0 Å². The second-order valence-corrected chi connectivity index (χ2v) is 8.08. The van der Waals surface area contributed by atoms with Crippen molar-refractivity contribution in [3.05, 3.63) is 70.8 Å². The highest BCUT2D eigenvalue weighted by atomic mass is 16.5. The van der Waals surface area contributed by atoms with Crippen LogP contribution in [0, 0.1) is 0 Å². The molecule has 4 rings (SSSR count). The van der Waals surface area contributed by atoms with E-state index in [1.165, 1.54) is 28.8 Å². The number of nitrogens with one attached hydrogen (secondary N) is 1. The molecule has 7 nitrogen and oxygen atoms in total. The van der Waals surface area contributed by atoms with E-state index in [0.29, 0.717) is 0 Å². The maximum absolute atomic E-state index is 12.1. The average Bonchev–Trinajstić information content (AvgIpc) is 3.52. The Morgan fingerprint density at radius 2 is 1.88 bits per heavy atom. The number of hydrogen-bond donors (Lipinski definition) is 1. The van der Waals surface area contributed by atoms with Gasteiger partial charge >= 0.3 is 5.91 Å². The van der Waals surface area contributed by atoms with Crippen LogP contribution in [0.25, 0.3) is 6.08 Å². The van der Waals surface area contributed by atoms with Crippen LogP contribution in [0.3, 0.4) is 0 Å². The lowest BCUT2D eigenvalue weighted by Crippen LogP contribution is -2.36. The van der Waals surface area contributed by atoms with E-state index in [1.807, 2.05) is 0 Å². The Morgan fingerprint density at radius 1 is 1.12 bits per heavy atom. The molecule has 1 aliphatic heterocycles. The molecule has 1 fully saturated rings.